The van der Waals surface area contributed by atoms with E-state index in [-0.39, 0.29) is 11.2 Å². The van der Waals surface area contributed by atoms with Crippen LogP contribution in [-0.4, -0.2) is 67.8 Å². The summed E-state index contributed by atoms with van der Waals surface area (Å²) in [5, 5.41) is 10.7. The Morgan fingerprint density at radius 3 is 2.05 bits per heavy atom. The second kappa shape index (κ2) is 6.75. The summed E-state index contributed by atoms with van der Waals surface area (Å²) < 4.78 is 26.0. The zero-order valence-electron chi connectivity index (χ0n) is 14.3. The van der Waals surface area contributed by atoms with Crippen molar-refractivity contribution in [2.75, 3.05) is 39.5 Å². The Morgan fingerprint density at radius 1 is 1.05 bits per heavy atom. The summed E-state index contributed by atoms with van der Waals surface area (Å²) in [4.78, 5) is 2.05. The number of hydrogen-bond acceptors (Lipinski definition) is 4. The molecule has 6 heteroatoms. The Morgan fingerprint density at radius 2 is 1.59 bits per heavy atom. The Balaban J connectivity index is 1.90. The highest BCUT2D eigenvalue weighted by Gasteiger charge is 2.44. The van der Waals surface area contributed by atoms with Gasteiger partial charge < -0.3 is 10.0 Å². The Labute approximate surface area is 135 Å². The van der Waals surface area contributed by atoms with Gasteiger partial charge in [0.25, 0.3) is 0 Å². The minimum Gasteiger partial charge on any atom is -0.389 e. The molecule has 5 nitrogen and oxygen atoms in total. The van der Waals surface area contributed by atoms with Crippen LogP contribution in [0.4, 0.5) is 0 Å². The maximum Gasteiger partial charge on any atom is 0.214 e. The van der Waals surface area contributed by atoms with Crippen molar-refractivity contribution in [3.05, 3.63) is 0 Å². The van der Waals surface area contributed by atoms with E-state index in [2.05, 4.69) is 4.90 Å². The largest absolute Gasteiger partial charge is 0.389 e. The molecule has 130 valence electrons. The summed E-state index contributed by atoms with van der Waals surface area (Å²) in [6.07, 6.45) is 6.32. The minimum absolute atomic E-state index is 0.261. The molecule has 0 amide bonds. The van der Waals surface area contributed by atoms with E-state index >= 15 is 0 Å². The lowest BCUT2D eigenvalue weighted by Crippen LogP contribution is -2.50. The molecule has 0 radical (unpaired) electrons. The highest BCUT2D eigenvalue weighted by Crippen LogP contribution is 2.47. The second-order valence-electron chi connectivity index (χ2n) is 7.68. The van der Waals surface area contributed by atoms with Crippen molar-refractivity contribution in [1.29, 1.82) is 0 Å². The molecule has 1 aliphatic carbocycles. The van der Waals surface area contributed by atoms with Gasteiger partial charge in [0.15, 0.2) is 0 Å². The normalized spacial score (nSPS) is 25.7. The van der Waals surface area contributed by atoms with Crippen molar-refractivity contribution < 1.29 is 13.5 Å². The lowest BCUT2D eigenvalue weighted by atomic mass is 9.64. The highest BCUT2D eigenvalue weighted by molar-refractivity contribution is 7.89. The van der Waals surface area contributed by atoms with Gasteiger partial charge in [-0.2, -0.15) is 0 Å². The zero-order chi connectivity index (χ0) is 16.4. The first-order chi connectivity index (χ1) is 10.2. The average Bonchev–Trinajstić information content (AvgIpc) is 2.43. The van der Waals surface area contributed by atoms with Crippen LogP contribution in [-0.2, 0) is 10.0 Å². The van der Waals surface area contributed by atoms with Crippen molar-refractivity contribution >= 4 is 10.0 Å². The van der Waals surface area contributed by atoms with Crippen LogP contribution in [0.5, 0.6) is 0 Å². The predicted molar refractivity (Wildman–Crippen MR) is 89.3 cm³/mol. The molecule has 1 N–H and O–H groups in total. The SMILES string of the molecule is CCCS(=O)(=O)N1CCC2(CC1)CCC(O)(CN(C)C)CC2. The minimum atomic E-state index is -3.05. The third kappa shape index (κ3) is 4.22. The first-order valence-corrected chi connectivity index (χ1v) is 10.2. The Hall–Kier alpha value is -0.170. The number of likely N-dealkylation sites (N-methyl/N-ethyl adjacent to an activating group) is 1. The third-order valence-electron chi connectivity index (χ3n) is 5.49. The third-order valence-corrected chi connectivity index (χ3v) is 7.57. The van der Waals surface area contributed by atoms with Crippen molar-refractivity contribution in [1.82, 2.24) is 9.21 Å². The molecule has 22 heavy (non-hydrogen) atoms. The van der Waals surface area contributed by atoms with Crippen molar-refractivity contribution in [3.8, 4) is 0 Å². The van der Waals surface area contributed by atoms with E-state index in [1.807, 2.05) is 21.0 Å². The zero-order valence-corrected chi connectivity index (χ0v) is 15.2. The van der Waals surface area contributed by atoms with Gasteiger partial charge >= 0.3 is 0 Å². The predicted octanol–water partition coefficient (Wildman–Crippen LogP) is 1.68. The number of piperidine rings is 1. The maximum atomic E-state index is 12.2. The molecule has 0 aromatic heterocycles. The molecule has 1 saturated heterocycles. The van der Waals surface area contributed by atoms with Crippen LogP contribution in [0, 0.1) is 5.41 Å². The fraction of sp³-hybridized carbons (Fsp3) is 1.00. The van der Waals surface area contributed by atoms with Crippen LogP contribution in [0.3, 0.4) is 0 Å². The van der Waals surface area contributed by atoms with Crippen LogP contribution in [0.1, 0.15) is 51.9 Å². The first-order valence-electron chi connectivity index (χ1n) is 8.55. The average molecular weight is 333 g/mol. The molecular weight excluding hydrogens is 300 g/mol. The van der Waals surface area contributed by atoms with Gasteiger partial charge in [0.05, 0.1) is 11.4 Å². The van der Waals surface area contributed by atoms with E-state index in [1.165, 1.54) is 0 Å². The lowest BCUT2D eigenvalue weighted by molar-refractivity contribution is -0.0592. The summed E-state index contributed by atoms with van der Waals surface area (Å²) in [6.45, 7) is 3.96. The summed E-state index contributed by atoms with van der Waals surface area (Å²) in [6, 6.07) is 0. The molecule has 0 aromatic rings. The number of hydrogen-bond donors (Lipinski definition) is 1. The summed E-state index contributed by atoms with van der Waals surface area (Å²) in [5.41, 5.74) is -0.295. The van der Waals surface area contributed by atoms with E-state index in [9.17, 15) is 13.5 Å². The molecule has 0 unspecified atom stereocenters. The highest BCUT2D eigenvalue weighted by atomic mass is 32.2. The van der Waals surface area contributed by atoms with Crippen molar-refractivity contribution in [2.24, 2.45) is 5.41 Å². The fourth-order valence-corrected chi connectivity index (χ4v) is 5.63. The molecule has 0 bridgehead atoms. The molecule has 1 aliphatic heterocycles. The van der Waals surface area contributed by atoms with E-state index < -0.39 is 15.6 Å². The molecule has 1 spiro atoms. The van der Waals surface area contributed by atoms with Gasteiger partial charge in [0.2, 0.25) is 10.0 Å². The molecule has 2 fully saturated rings. The van der Waals surface area contributed by atoms with Gasteiger partial charge in [-0.25, -0.2) is 12.7 Å². The van der Waals surface area contributed by atoms with E-state index in [1.54, 1.807) is 4.31 Å². The summed E-state index contributed by atoms with van der Waals surface area (Å²) in [7, 11) is 0.949. The first kappa shape index (κ1) is 18.2. The molecule has 0 atom stereocenters. The maximum absolute atomic E-state index is 12.2. The molecule has 0 aromatic carbocycles. The summed E-state index contributed by atoms with van der Waals surface area (Å²) >= 11 is 0. The van der Waals surface area contributed by atoms with E-state index in [0.717, 1.165) is 45.1 Å². The van der Waals surface area contributed by atoms with Crippen molar-refractivity contribution in [2.45, 2.75) is 57.5 Å². The smallest absolute Gasteiger partial charge is 0.214 e. The summed E-state index contributed by atoms with van der Waals surface area (Å²) in [5.74, 6) is 0.266. The molecule has 2 rings (SSSR count). The number of aliphatic hydroxyl groups is 1. The van der Waals surface area contributed by atoms with Gasteiger partial charge in [0.1, 0.15) is 0 Å². The van der Waals surface area contributed by atoms with Gasteiger partial charge in [-0.15, -0.1) is 0 Å². The van der Waals surface area contributed by atoms with Gasteiger partial charge in [-0.05, 0) is 64.5 Å². The van der Waals surface area contributed by atoms with E-state index in [4.69, 9.17) is 0 Å². The molecule has 2 aliphatic rings. The van der Waals surface area contributed by atoms with Crippen LogP contribution >= 0.6 is 0 Å². The van der Waals surface area contributed by atoms with Gasteiger partial charge in [0, 0.05) is 19.6 Å². The monoisotopic (exact) mass is 332 g/mol. The van der Waals surface area contributed by atoms with Gasteiger partial charge in [-0.3, -0.25) is 0 Å². The van der Waals surface area contributed by atoms with Crippen LogP contribution in [0.2, 0.25) is 0 Å². The molecule has 1 heterocycles. The number of rotatable bonds is 5. The van der Waals surface area contributed by atoms with Crippen LogP contribution in [0.15, 0.2) is 0 Å². The standard InChI is InChI=1S/C16H32N2O3S/c1-4-13-22(20,21)18-11-9-15(10-12-18)5-7-16(19,8-6-15)14-17(2)3/h19H,4-14H2,1-3H3. The van der Waals surface area contributed by atoms with Crippen molar-refractivity contribution in [3.63, 3.8) is 0 Å². The number of nitrogens with zero attached hydrogens (tertiary/aromatic N) is 2. The lowest BCUT2D eigenvalue weighted by Gasteiger charge is -2.48. The molecular formula is C16H32N2O3S. The second-order valence-corrected chi connectivity index (χ2v) is 9.77. The Bertz CT molecular complexity index is 458. The van der Waals surface area contributed by atoms with Crippen LogP contribution < -0.4 is 0 Å². The topological polar surface area (TPSA) is 60.9 Å². The number of sulfonamides is 1. The quantitative estimate of drug-likeness (QED) is 0.832. The van der Waals surface area contributed by atoms with Crippen LogP contribution in [0.25, 0.3) is 0 Å². The van der Waals surface area contributed by atoms with Gasteiger partial charge in [-0.1, -0.05) is 6.92 Å². The Kier molecular flexibility index (Phi) is 5.58. The fourth-order valence-electron chi connectivity index (χ4n) is 4.12. The molecule has 1 saturated carbocycles. The van der Waals surface area contributed by atoms with E-state index in [0.29, 0.717) is 19.5 Å².